The number of benzene rings is 1. The number of sulfonamides is 1. The number of nitro benzene ring substituents is 1. The lowest BCUT2D eigenvalue weighted by atomic mass is 9.84. The monoisotopic (exact) mass is 331 g/mol. The lowest BCUT2D eigenvalue weighted by Gasteiger charge is -2.40. The number of hydrogen-bond donors (Lipinski definition) is 2. The first-order chi connectivity index (χ1) is 9.76. The summed E-state index contributed by atoms with van der Waals surface area (Å²) in [5.74, 6) is 0. The minimum Gasteiger partial charge on any atom is -0.383 e. The van der Waals surface area contributed by atoms with E-state index in [1.54, 1.807) is 11.8 Å². The van der Waals surface area contributed by atoms with Crippen molar-refractivity contribution in [3.05, 3.63) is 28.3 Å². The molecule has 116 valence electrons. The predicted octanol–water partition coefficient (Wildman–Crippen LogP) is 1.94. The number of nitrogens with zero attached hydrogens (tertiary/aromatic N) is 1. The molecule has 3 N–H and O–H groups in total. The van der Waals surface area contributed by atoms with Crippen LogP contribution in [0, 0.1) is 10.1 Å². The number of nitro groups is 1. The summed E-state index contributed by atoms with van der Waals surface area (Å²) in [6.45, 7) is 0.638. The highest BCUT2D eigenvalue weighted by atomic mass is 32.2. The van der Waals surface area contributed by atoms with Gasteiger partial charge >= 0.3 is 0 Å². The number of anilines is 1. The number of hydrogen-bond acceptors (Lipinski definition) is 6. The fraction of sp³-hybridized carbons (Fsp3) is 0.500. The van der Waals surface area contributed by atoms with Gasteiger partial charge in [-0.15, -0.1) is 0 Å². The van der Waals surface area contributed by atoms with Crippen LogP contribution in [0.25, 0.3) is 0 Å². The Kier molecular flexibility index (Phi) is 4.45. The number of thioether (sulfide) groups is 1. The van der Waals surface area contributed by atoms with Crippen molar-refractivity contribution >= 4 is 33.2 Å². The minimum absolute atomic E-state index is 0.131. The lowest BCUT2D eigenvalue weighted by Crippen LogP contribution is -2.40. The number of rotatable bonds is 6. The average molecular weight is 331 g/mol. The van der Waals surface area contributed by atoms with E-state index in [4.69, 9.17) is 5.14 Å². The highest BCUT2D eigenvalue weighted by Crippen LogP contribution is 2.42. The standard InChI is InChI=1S/C12H17N3O4S2/c1-20-12(3-2-4-12)8-14-9-5-10(15(16)17)7-11(6-9)21(13,18)19/h5-7,14H,2-4,8H2,1H3,(H2,13,18,19). The Labute approximate surface area is 127 Å². The van der Waals surface area contributed by atoms with Crippen molar-refractivity contribution in [2.45, 2.75) is 28.9 Å². The Morgan fingerprint density at radius 3 is 2.52 bits per heavy atom. The van der Waals surface area contributed by atoms with E-state index in [-0.39, 0.29) is 15.3 Å². The highest BCUT2D eigenvalue weighted by molar-refractivity contribution is 8.00. The van der Waals surface area contributed by atoms with Crippen molar-refractivity contribution < 1.29 is 13.3 Å². The smallest absolute Gasteiger partial charge is 0.272 e. The molecule has 0 aliphatic heterocycles. The maximum absolute atomic E-state index is 11.4. The molecule has 9 heteroatoms. The second kappa shape index (κ2) is 5.82. The van der Waals surface area contributed by atoms with E-state index in [2.05, 4.69) is 5.32 Å². The van der Waals surface area contributed by atoms with Gasteiger partial charge in [0.05, 0.1) is 9.82 Å². The summed E-state index contributed by atoms with van der Waals surface area (Å²) in [4.78, 5) is 10.0. The summed E-state index contributed by atoms with van der Waals surface area (Å²) in [5.41, 5.74) is 0.101. The molecule has 0 bridgehead atoms. The molecule has 0 spiro atoms. The van der Waals surface area contributed by atoms with Gasteiger partial charge in [-0.1, -0.05) is 6.42 Å². The molecule has 1 aliphatic carbocycles. The molecule has 0 unspecified atom stereocenters. The number of primary sulfonamides is 1. The highest BCUT2D eigenvalue weighted by Gasteiger charge is 2.35. The second-order valence-electron chi connectivity index (χ2n) is 5.11. The molecule has 0 aromatic heterocycles. The number of non-ortho nitro benzene ring substituents is 1. The van der Waals surface area contributed by atoms with Crippen LogP contribution in [0.15, 0.2) is 23.1 Å². The molecule has 1 aromatic carbocycles. The van der Waals surface area contributed by atoms with Crippen LogP contribution >= 0.6 is 11.8 Å². The maximum atomic E-state index is 11.4. The Morgan fingerprint density at radius 2 is 2.10 bits per heavy atom. The van der Waals surface area contributed by atoms with Crippen LogP contribution in [-0.2, 0) is 10.0 Å². The Balaban J connectivity index is 2.26. The molecule has 7 nitrogen and oxygen atoms in total. The van der Waals surface area contributed by atoms with Crippen LogP contribution in [0.5, 0.6) is 0 Å². The van der Waals surface area contributed by atoms with E-state index < -0.39 is 14.9 Å². The third-order valence-corrected chi connectivity index (χ3v) is 6.05. The SMILES string of the molecule is CSC1(CNc2cc([N+](=O)[O-])cc(S(N)(=O)=O)c2)CCC1. The van der Waals surface area contributed by atoms with Gasteiger partial charge in [-0.25, -0.2) is 13.6 Å². The summed E-state index contributed by atoms with van der Waals surface area (Å²) in [5, 5.41) is 19.1. The zero-order chi connectivity index (χ0) is 15.7. The molecule has 0 saturated heterocycles. The van der Waals surface area contributed by atoms with Crippen LogP contribution in [0.3, 0.4) is 0 Å². The largest absolute Gasteiger partial charge is 0.383 e. The van der Waals surface area contributed by atoms with E-state index in [1.807, 2.05) is 6.26 Å². The summed E-state index contributed by atoms with van der Waals surface area (Å²) in [6, 6.07) is 3.62. The first-order valence-electron chi connectivity index (χ1n) is 6.37. The van der Waals surface area contributed by atoms with Crippen LogP contribution < -0.4 is 10.5 Å². The van der Waals surface area contributed by atoms with Gasteiger partial charge in [-0.2, -0.15) is 11.8 Å². The number of nitrogens with one attached hydrogen (secondary N) is 1. The van der Waals surface area contributed by atoms with Crippen LogP contribution in [-0.4, -0.2) is 30.9 Å². The van der Waals surface area contributed by atoms with Gasteiger partial charge in [0.2, 0.25) is 10.0 Å². The molecule has 21 heavy (non-hydrogen) atoms. The Morgan fingerprint density at radius 1 is 1.43 bits per heavy atom. The molecule has 1 aromatic rings. The van der Waals surface area contributed by atoms with Gasteiger partial charge in [0, 0.05) is 29.1 Å². The molecule has 0 heterocycles. The summed E-state index contributed by atoms with van der Waals surface area (Å²) < 4.78 is 22.9. The van der Waals surface area contributed by atoms with E-state index in [9.17, 15) is 18.5 Å². The Bertz CT molecular complexity index is 651. The Hall–Kier alpha value is -1.32. The van der Waals surface area contributed by atoms with Crippen molar-refractivity contribution in [3.8, 4) is 0 Å². The van der Waals surface area contributed by atoms with Gasteiger partial charge in [0.15, 0.2) is 0 Å². The van der Waals surface area contributed by atoms with Crippen LogP contribution in [0.4, 0.5) is 11.4 Å². The zero-order valence-electron chi connectivity index (χ0n) is 11.5. The second-order valence-corrected chi connectivity index (χ2v) is 7.95. The molecule has 2 rings (SSSR count). The molecule has 1 saturated carbocycles. The third-order valence-electron chi connectivity index (χ3n) is 3.74. The normalized spacial score (nSPS) is 17.0. The summed E-state index contributed by atoms with van der Waals surface area (Å²) in [6.07, 6.45) is 5.36. The van der Waals surface area contributed by atoms with E-state index in [0.29, 0.717) is 12.2 Å². The summed E-state index contributed by atoms with van der Waals surface area (Å²) in [7, 11) is -3.98. The lowest BCUT2D eigenvalue weighted by molar-refractivity contribution is -0.385. The van der Waals surface area contributed by atoms with Gasteiger partial charge in [0.25, 0.3) is 5.69 Å². The van der Waals surface area contributed by atoms with Gasteiger partial charge in [-0.05, 0) is 25.2 Å². The molecule has 0 amide bonds. The molecule has 1 fully saturated rings. The van der Waals surface area contributed by atoms with Crippen molar-refractivity contribution in [2.24, 2.45) is 5.14 Å². The van der Waals surface area contributed by atoms with Crippen molar-refractivity contribution in [3.63, 3.8) is 0 Å². The van der Waals surface area contributed by atoms with Crippen molar-refractivity contribution in [1.82, 2.24) is 0 Å². The molecule has 0 atom stereocenters. The van der Waals surface area contributed by atoms with Gasteiger partial charge in [-0.3, -0.25) is 10.1 Å². The van der Waals surface area contributed by atoms with Gasteiger partial charge in [0.1, 0.15) is 0 Å². The zero-order valence-corrected chi connectivity index (χ0v) is 13.2. The fourth-order valence-corrected chi connectivity index (χ4v) is 3.73. The first kappa shape index (κ1) is 16.1. The fourth-order valence-electron chi connectivity index (χ4n) is 2.24. The maximum Gasteiger partial charge on any atom is 0.272 e. The van der Waals surface area contributed by atoms with Crippen LogP contribution in [0.1, 0.15) is 19.3 Å². The molecular weight excluding hydrogens is 314 g/mol. The predicted molar refractivity (Wildman–Crippen MR) is 83.1 cm³/mol. The average Bonchev–Trinajstić information content (AvgIpc) is 2.36. The molecular formula is C12H17N3O4S2. The van der Waals surface area contributed by atoms with E-state index in [0.717, 1.165) is 18.9 Å². The number of nitrogens with two attached hydrogens (primary N) is 1. The van der Waals surface area contributed by atoms with Crippen LogP contribution in [0.2, 0.25) is 0 Å². The summed E-state index contributed by atoms with van der Waals surface area (Å²) >= 11 is 1.76. The first-order valence-corrected chi connectivity index (χ1v) is 9.14. The molecule has 1 aliphatic rings. The molecule has 0 radical (unpaired) electrons. The minimum atomic E-state index is -3.98. The topological polar surface area (TPSA) is 115 Å². The third kappa shape index (κ3) is 3.66. The van der Waals surface area contributed by atoms with Crippen molar-refractivity contribution in [1.29, 1.82) is 0 Å². The van der Waals surface area contributed by atoms with Gasteiger partial charge < -0.3 is 5.32 Å². The van der Waals surface area contributed by atoms with E-state index >= 15 is 0 Å². The quantitative estimate of drug-likeness (QED) is 0.608. The van der Waals surface area contributed by atoms with Crippen molar-refractivity contribution in [2.75, 3.05) is 18.1 Å². The van der Waals surface area contributed by atoms with E-state index in [1.165, 1.54) is 18.6 Å².